The maximum Gasteiger partial charge on any atom is 0.138 e. The van der Waals surface area contributed by atoms with Crippen LogP contribution in [0.3, 0.4) is 0 Å². The first-order chi connectivity index (χ1) is 7.61. The summed E-state index contributed by atoms with van der Waals surface area (Å²) in [4.78, 5) is 11.8. The standard InChI is InChI=1S/C15H26O2/c1-10(16)14(4,5)12-9-11-7-8-13(2,3)15(11,6)17-12/h11-12H,7-9H2,1-6H3/t11-,12+,15+/m1/s1. The van der Waals surface area contributed by atoms with Crippen molar-refractivity contribution in [3.63, 3.8) is 0 Å². The molecule has 1 aliphatic carbocycles. The molecule has 2 nitrogen and oxygen atoms in total. The molecule has 1 saturated heterocycles. The van der Waals surface area contributed by atoms with Gasteiger partial charge in [-0.2, -0.15) is 0 Å². The third-order valence-corrected chi connectivity index (χ3v) is 5.84. The normalized spacial score (nSPS) is 40.4. The topological polar surface area (TPSA) is 26.3 Å². The predicted molar refractivity (Wildman–Crippen MR) is 68.9 cm³/mol. The molecule has 0 bridgehead atoms. The smallest absolute Gasteiger partial charge is 0.138 e. The van der Waals surface area contributed by atoms with E-state index in [9.17, 15) is 4.79 Å². The van der Waals surface area contributed by atoms with Gasteiger partial charge < -0.3 is 4.74 Å². The van der Waals surface area contributed by atoms with Gasteiger partial charge in [0.1, 0.15) is 5.78 Å². The van der Waals surface area contributed by atoms with Gasteiger partial charge in [0.15, 0.2) is 0 Å². The van der Waals surface area contributed by atoms with Crippen molar-refractivity contribution in [3.8, 4) is 0 Å². The van der Waals surface area contributed by atoms with Crippen molar-refractivity contribution in [2.75, 3.05) is 0 Å². The lowest BCUT2D eigenvalue weighted by molar-refractivity contribution is -0.148. The Morgan fingerprint density at radius 2 is 1.88 bits per heavy atom. The molecule has 2 rings (SSSR count). The lowest BCUT2D eigenvalue weighted by atomic mass is 9.75. The number of Topliss-reactive ketones (excluding diaryl/α,β-unsaturated/α-hetero) is 1. The lowest BCUT2D eigenvalue weighted by Crippen LogP contribution is -2.44. The lowest BCUT2D eigenvalue weighted by Gasteiger charge is -2.40. The highest BCUT2D eigenvalue weighted by Gasteiger charge is 2.60. The average molecular weight is 238 g/mol. The maximum absolute atomic E-state index is 11.8. The number of ether oxygens (including phenoxy) is 1. The Labute approximate surface area is 105 Å². The molecule has 1 saturated carbocycles. The summed E-state index contributed by atoms with van der Waals surface area (Å²) in [6.45, 7) is 12.6. The fourth-order valence-corrected chi connectivity index (χ4v) is 3.48. The number of hydrogen-bond donors (Lipinski definition) is 0. The van der Waals surface area contributed by atoms with Gasteiger partial charge in [-0.1, -0.05) is 27.7 Å². The minimum absolute atomic E-state index is 0.0373. The molecule has 0 aromatic heterocycles. The highest BCUT2D eigenvalue weighted by atomic mass is 16.5. The highest BCUT2D eigenvalue weighted by molar-refractivity contribution is 5.82. The molecule has 0 radical (unpaired) electrons. The molecule has 0 aromatic carbocycles. The number of ketones is 1. The van der Waals surface area contributed by atoms with Gasteiger partial charge in [0.2, 0.25) is 0 Å². The Hall–Kier alpha value is -0.370. The van der Waals surface area contributed by atoms with E-state index < -0.39 is 0 Å². The predicted octanol–water partition coefficient (Wildman–Crippen LogP) is 3.59. The largest absolute Gasteiger partial charge is 0.370 e. The van der Waals surface area contributed by atoms with Gasteiger partial charge in [0.05, 0.1) is 11.7 Å². The molecule has 0 N–H and O–H groups in total. The molecular formula is C15H26O2. The van der Waals surface area contributed by atoms with Gasteiger partial charge in [0.25, 0.3) is 0 Å². The highest BCUT2D eigenvalue weighted by Crippen LogP contribution is 2.59. The first-order valence-electron chi connectivity index (χ1n) is 6.80. The molecule has 0 amide bonds. The zero-order chi connectivity index (χ0) is 13.1. The first kappa shape index (κ1) is 13.1. The van der Waals surface area contributed by atoms with E-state index in [4.69, 9.17) is 4.74 Å². The van der Waals surface area contributed by atoms with Gasteiger partial charge in [0, 0.05) is 5.41 Å². The van der Waals surface area contributed by atoms with Crippen LogP contribution in [-0.4, -0.2) is 17.5 Å². The van der Waals surface area contributed by atoms with Crippen LogP contribution in [0.5, 0.6) is 0 Å². The molecule has 17 heavy (non-hydrogen) atoms. The van der Waals surface area contributed by atoms with E-state index in [0.29, 0.717) is 5.92 Å². The summed E-state index contributed by atoms with van der Waals surface area (Å²) in [5, 5.41) is 0. The second-order valence-corrected chi connectivity index (χ2v) is 7.35. The van der Waals surface area contributed by atoms with Crippen molar-refractivity contribution in [1.29, 1.82) is 0 Å². The summed E-state index contributed by atoms with van der Waals surface area (Å²) >= 11 is 0. The van der Waals surface area contributed by atoms with E-state index in [2.05, 4.69) is 20.8 Å². The number of carbonyl (C=O) groups is 1. The molecule has 2 aliphatic rings. The monoisotopic (exact) mass is 238 g/mol. The van der Waals surface area contributed by atoms with E-state index >= 15 is 0 Å². The van der Waals surface area contributed by atoms with Crippen molar-refractivity contribution in [1.82, 2.24) is 0 Å². The van der Waals surface area contributed by atoms with Crippen LogP contribution in [0.15, 0.2) is 0 Å². The third kappa shape index (κ3) is 1.68. The fraction of sp³-hybridized carbons (Fsp3) is 0.933. The molecule has 98 valence electrons. The van der Waals surface area contributed by atoms with Gasteiger partial charge in [-0.05, 0) is 44.4 Å². The molecule has 0 aromatic rings. The number of fused-ring (bicyclic) bond motifs is 1. The molecule has 0 unspecified atom stereocenters. The Kier molecular flexibility index (Phi) is 2.74. The van der Waals surface area contributed by atoms with E-state index in [-0.39, 0.29) is 28.3 Å². The summed E-state index contributed by atoms with van der Waals surface area (Å²) in [7, 11) is 0. The van der Waals surface area contributed by atoms with Gasteiger partial charge in [-0.15, -0.1) is 0 Å². The van der Waals surface area contributed by atoms with Gasteiger partial charge >= 0.3 is 0 Å². The van der Waals surface area contributed by atoms with Crippen molar-refractivity contribution in [2.24, 2.45) is 16.7 Å². The first-order valence-corrected chi connectivity index (χ1v) is 6.80. The fourth-order valence-electron chi connectivity index (χ4n) is 3.48. The molecule has 1 heterocycles. The van der Waals surface area contributed by atoms with Crippen LogP contribution >= 0.6 is 0 Å². The molecule has 2 fully saturated rings. The molecule has 2 heteroatoms. The van der Waals surface area contributed by atoms with Crippen LogP contribution in [0.25, 0.3) is 0 Å². The Morgan fingerprint density at radius 3 is 2.35 bits per heavy atom. The van der Waals surface area contributed by atoms with Crippen LogP contribution < -0.4 is 0 Å². The van der Waals surface area contributed by atoms with E-state index in [1.54, 1.807) is 6.92 Å². The number of carbonyl (C=O) groups excluding carboxylic acids is 1. The van der Waals surface area contributed by atoms with Crippen LogP contribution in [0.4, 0.5) is 0 Å². The summed E-state index contributed by atoms with van der Waals surface area (Å²) in [5.74, 6) is 0.866. The quantitative estimate of drug-likeness (QED) is 0.735. The Bertz CT molecular complexity index is 343. The van der Waals surface area contributed by atoms with Crippen molar-refractivity contribution in [3.05, 3.63) is 0 Å². The summed E-state index contributed by atoms with van der Waals surface area (Å²) < 4.78 is 6.39. The maximum atomic E-state index is 11.8. The minimum atomic E-state index is -0.344. The third-order valence-electron chi connectivity index (χ3n) is 5.84. The van der Waals surface area contributed by atoms with E-state index in [1.165, 1.54) is 12.8 Å². The second-order valence-electron chi connectivity index (χ2n) is 7.35. The van der Waals surface area contributed by atoms with Crippen LogP contribution in [0, 0.1) is 16.7 Å². The van der Waals surface area contributed by atoms with Crippen molar-refractivity contribution < 1.29 is 9.53 Å². The number of rotatable bonds is 2. The minimum Gasteiger partial charge on any atom is -0.370 e. The zero-order valence-electron chi connectivity index (χ0n) is 12.1. The van der Waals surface area contributed by atoms with Gasteiger partial charge in [-0.25, -0.2) is 0 Å². The average Bonchev–Trinajstić information content (AvgIpc) is 2.63. The summed E-state index contributed by atoms with van der Waals surface area (Å²) in [6.07, 6.45) is 3.62. The molecule has 1 aliphatic heterocycles. The molecular weight excluding hydrogens is 212 g/mol. The van der Waals surface area contributed by atoms with Crippen molar-refractivity contribution >= 4 is 5.78 Å². The molecule has 0 spiro atoms. The van der Waals surface area contributed by atoms with E-state index in [0.717, 1.165) is 6.42 Å². The SMILES string of the molecule is CC(=O)C(C)(C)[C@@H]1C[C@H]2CCC(C)(C)[C@@]2(C)O1. The van der Waals surface area contributed by atoms with Crippen LogP contribution in [-0.2, 0) is 9.53 Å². The Morgan fingerprint density at radius 1 is 1.29 bits per heavy atom. The van der Waals surface area contributed by atoms with Gasteiger partial charge in [-0.3, -0.25) is 4.79 Å². The summed E-state index contributed by atoms with van der Waals surface area (Å²) in [5.41, 5.74) is -0.146. The number of hydrogen-bond acceptors (Lipinski definition) is 2. The zero-order valence-corrected chi connectivity index (χ0v) is 12.1. The van der Waals surface area contributed by atoms with Crippen LogP contribution in [0.1, 0.15) is 60.8 Å². The second kappa shape index (κ2) is 3.57. The van der Waals surface area contributed by atoms with Crippen molar-refractivity contribution in [2.45, 2.75) is 72.5 Å². The van der Waals surface area contributed by atoms with E-state index in [1.807, 2.05) is 13.8 Å². The molecule has 3 atom stereocenters. The summed E-state index contributed by atoms with van der Waals surface area (Å²) in [6, 6.07) is 0. The van der Waals surface area contributed by atoms with Crippen LogP contribution in [0.2, 0.25) is 0 Å². The Balaban J connectivity index is 2.24.